The van der Waals surface area contributed by atoms with Crippen LogP contribution in [0, 0.1) is 6.92 Å². The van der Waals surface area contributed by atoms with Gasteiger partial charge in [-0.1, -0.05) is 0 Å². The number of benzene rings is 2. The van der Waals surface area contributed by atoms with E-state index in [9.17, 15) is 8.42 Å². The van der Waals surface area contributed by atoms with Gasteiger partial charge in [-0.3, -0.25) is 9.71 Å². The molecule has 0 atom stereocenters. The standard InChI is InChI=1S/C17H16N2O4S/c1-11-9-13(4-6-15(11)19-24(20)21)23-17-7-8-18-16-10-12(22-2)3-5-14(16)17/h3-10,24H,1-2H3,(H,19,20,21). The lowest BCUT2D eigenvalue weighted by Crippen LogP contribution is -1.97. The van der Waals surface area contributed by atoms with Gasteiger partial charge in [0.25, 0.3) is 0 Å². The molecule has 0 fully saturated rings. The maximum absolute atomic E-state index is 10.8. The highest BCUT2D eigenvalue weighted by Crippen LogP contribution is 2.32. The van der Waals surface area contributed by atoms with E-state index in [1.807, 2.05) is 25.1 Å². The highest BCUT2D eigenvalue weighted by Gasteiger charge is 2.07. The molecule has 2 aromatic carbocycles. The zero-order valence-electron chi connectivity index (χ0n) is 13.1. The number of thiol groups is 1. The summed E-state index contributed by atoms with van der Waals surface area (Å²) >= 11 is 0. The average Bonchev–Trinajstić information content (AvgIpc) is 2.57. The van der Waals surface area contributed by atoms with E-state index in [0.717, 1.165) is 22.2 Å². The normalized spacial score (nSPS) is 10.8. The second-order valence-corrected chi connectivity index (χ2v) is 5.88. The molecule has 1 heterocycles. The van der Waals surface area contributed by atoms with Crippen molar-refractivity contribution in [2.24, 2.45) is 0 Å². The van der Waals surface area contributed by atoms with Crippen molar-refractivity contribution >= 4 is 27.5 Å². The molecule has 0 saturated heterocycles. The SMILES string of the molecule is COc1ccc2c(Oc3ccc(N[SH](=O)=O)c(C)c3)ccnc2c1. The average molecular weight is 344 g/mol. The Balaban J connectivity index is 1.93. The van der Waals surface area contributed by atoms with E-state index in [1.54, 1.807) is 37.6 Å². The van der Waals surface area contributed by atoms with Crippen molar-refractivity contribution in [2.45, 2.75) is 6.92 Å². The molecule has 0 bridgehead atoms. The summed E-state index contributed by atoms with van der Waals surface area (Å²) < 4.78 is 35.1. The molecule has 0 saturated carbocycles. The van der Waals surface area contributed by atoms with Crippen LogP contribution in [0.25, 0.3) is 10.9 Å². The molecular formula is C17H16N2O4S. The van der Waals surface area contributed by atoms with Crippen LogP contribution >= 0.6 is 0 Å². The van der Waals surface area contributed by atoms with Crippen LogP contribution in [0.4, 0.5) is 5.69 Å². The first-order chi connectivity index (χ1) is 11.6. The number of aryl methyl sites for hydroxylation is 1. The van der Waals surface area contributed by atoms with Gasteiger partial charge in [0.15, 0.2) is 0 Å². The smallest absolute Gasteiger partial charge is 0.222 e. The third-order valence-corrected chi connectivity index (χ3v) is 3.97. The van der Waals surface area contributed by atoms with Crippen molar-refractivity contribution in [1.29, 1.82) is 0 Å². The number of hydrogen-bond acceptors (Lipinski definition) is 5. The summed E-state index contributed by atoms with van der Waals surface area (Å²) in [4.78, 5) is 4.32. The number of nitrogens with zero attached hydrogens (tertiary/aromatic N) is 1. The molecule has 0 unspecified atom stereocenters. The molecule has 1 aromatic heterocycles. The lowest BCUT2D eigenvalue weighted by Gasteiger charge is -2.11. The molecule has 7 heteroatoms. The van der Waals surface area contributed by atoms with Crippen LogP contribution < -0.4 is 14.2 Å². The fraction of sp³-hybridized carbons (Fsp3) is 0.118. The summed E-state index contributed by atoms with van der Waals surface area (Å²) in [6.45, 7) is 1.81. The third-order valence-electron chi connectivity index (χ3n) is 3.55. The number of pyridine rings is 1. The lowest BCUT2D eigenvalue weighted by atomic mass is 10.2. The van der Waals surface area contributed by atoms with E-state index < -0.39 is 10.9 Å². The molecule has 3 rings (SSSR count). The number of rotatable bonds is 5. The number of hydrogen-bond donors (Lipinski definition) is 2. The van der Waals surface area contributed by atoms with Gasteiger partial charge in [-0.2, -0.15) is 0 Å². The number of ether oxygens (including phenoxy) is 2. The van der Waals surface area contributed by atoms with E-state index in [4.69, 9.17) is 9.47 Å². The highest BCUT2D eigenvalue weighted by atomic mass is 32.2. The van der Waals surface area contributed by atoms with E-state index in [0.29, 0.717) is 17.2 Å². The Morgan fingerprint density at radius 1 is 1.04 bits per heavy atom. The van der Waals surface area contributed by atoms with Gasteiger partial charge in [0.05, 0.1) is 18.3 Å². The summed E-state index contributed by atoms with van der Waals surface area (Å²) in [5.41, 5.74) is 2.07. The van der Waals surface area contributed by atoms with E-state index >= 15 is 0 Å². The van der Waals surface area contributed by atoms with Crippen molar-refractivity contribution < 1.29 is 17.9 Å². The van der Waals surface area contributed by atoms with Crippen LogP contribution in [0.3, 0.4) is 0 Å². The maximum atomic E-state index is 10.8. The minimum absolute atomic E-state index is 0.530. The molecule has 1 N–H and O–H groups in total. The van der Waals surface area contributed by atoms with Crippen LogP contribution in [-0.4, -0.2) is 20.5 Å². The Morgan fingerprint density at radius 3 is 2.54 bits per heavy atom. The Bertz CT molecular complexity index is 962. The van der Waals surface area contributed by atoms with Crippen LogP contribution in [0.2, 0.25) is 0 Å². The minimum atomic E-state index is -2.69. The van der Waals surface area contributed by atoms with E-state index in [-0.39, 0.29) is 0 Å². The summed E-state index contributed by atoms with van der Waals surface area (Å²) in [7, 11) is -1.08. The fourth-order valence-electron chi connectivity index (χ4n) is 2.37. The second kappa shape index (κ2) is 6.76. The zero-order valence-corrected chi connectivity index (χ0v) is 14.0. The summed E-state index contributed by atoms with van der Waals surface area (Å²) in [6, 6.07) is 12.5. The Hall–Kier alpha value is -2.80. The van der Waals surface area contributed by atoms with Crippen molar-refractivity contribution in [1.82, 2.24) is 4.98 Å². The van der Waals surface area contributed by atoms with Crippen LogP contribution in [-0.2, 0) is 10.9 Å². The summed E-state index contributed by atoms with van der Waals surface area (Å²) in [5, 5.41) is 0.862. The predicted molar refractivity (Wildman–Crippen MR) is 93.5 cm³/mol. The molecule has 0 spiro atoms. The molecule has 24 heavy (non-hydrogen) atoms. The van der Waals surface area contributed by atoms with Gasteiger partial charge in [0.1, 0.15) is 17.2 Å². The van der Waals surface area contributed by atoms with Crippen molar-refractivity contribution in [3.05, 3.63) is 54.2 Å². The number of nitrogens with one attached hydrogen (secondary N) is 1. The third kappa shape index (κ3) is 3.41. The number of methoxy groups -OCH3 is 1. The van der Waals surface area contributed by atoms with Crippen LogP contribution in [0.5, 0.6) is 17.2 Å². The number of aromatic nitrogens is 1. The van der Waals surface area contributed by atoms with Crippen molar-refractivity contribution in [3.63, 3.8) is 0 Å². The van der Waals surface area contributed by atoms with E-state index in [1.165, 1.54) is 0 Å². The number of anilines is 1. The Labute approximate surface area is 141 Å². The molecule has 0 radical (unpaired) electrons. The van der Waals surface area contributed by atoms with Gasteiger partial charge in [-0.15, -0.1) is 0 Å². The van der Waals surface area contributed by atoms with Crippen LogP contribution in [0.15, 0.2) is 48.7 Å². The van der Waals surface area contributed by atoms with Gasteiger partial charge in [-0.25, -0.2) is 8.42 Å². The van der Waals surface area contributed by atoms with Crippen LogP contribution in [0.1, 0.15) is 5.56 Å². The zero-order chi connectivity index (χ0) is 17.1. The van der Waals surface area contributed by atoms with E-state index in [2.05, 4.69) is 9.71 Å². The Kier molecular flexibility index (Phi) is 4.52. The second-order valence-electron chi connectivity index (χ2n) is 5.14. The first-order valence-electron chi connectivity index (χ1n) is 7.19. The maximum Gasteiger partial charge on any atom is 0.222 e. The fourth-order valence-corrected chi connectivity index (χ4v) is 2.82. The van der Waals surface area contributed by atoms with Gasteiger partial charge < -0.3 is 9.47 Å². The first kappa shape index (κ1) is 16.1. The predicted octanol–water partition coefficient (Wildman–Crippen LogP) is 3.28. The minimum Gasteiger partial charge on any atom is -0.497 e. The largest absolute Gasteiger partial charge is 0.497 e. The molecule has 0 amide bonds. The van der Waals surface area contributed by atoms with Gasteiger partial charge >= 0.3 is 0 Å². The van der Waals surface area contributed by atoms with Gasteiger partial charge in [0, 0.05) is 17.6 Å². The molecule has 6 nitrogen and oxygen atoms in total. The summed E-state index contributed by atoms with van der Waals surface area (Å²) in [5.74, 6) is 2.00. The molecule has 0 aliphatic carbocycles. The van der Waals surface area contributed by atoms with Crippen molar-refractivity contribution in [2.75, 3.05) is 11.8 Å². The topological polar surface area (TPSA) is 77.5 Å². The van der Waals surface area contributed by atoms with Gasteiger partial charge in [0.2, 0.25) is 10.9 Å². The molecule has 3 aromatic rings. The monoisotopic (exact) mass is 344 g/mol. The molecule has 0 aliphatic rings. The molecule has 124 valence electrons. The quantitative estimate of drug-likeness (QED) is 0.695. The Morgan fingerprint density at radius 2 is 1.83 bits per heavy atom. The molecule has 0 aliphatic heterocycles. The van der Waals surface area contributed by atoms with Crippen molar-refractivity contribution in [3.8, 4) is 17.2 Å². The first-order valence-corrected chi connectivity index (χ1v) is 8.37. The lowest BCUT2D eigenvalue weighted by molar-refractivity contribution is 0.415. The number of fused-ring (bicyclic) bond motifs is 1. The summed E-state index contributed by atoms with van der Waals surface area (Å²) in [6.07, 6.45) is 1.67. The molecular weight excluding hydrogens is 328 g/mol. The van der Waals surface area contributed by atoms with Gasteiger partial charge in [-0.05, 0) is 48.9 Å². The highest BCUT2D eigenvalue weighted by molar-refractivity contribution is 7.73.